The first-order valence-electron chi connectivity index (χ1n) is 8.93. The predicted octanol–water partition coefficient (Wildman–Crippen LogP) is 0.770. The topological polar surface area (TPSA) is 67.2 Å². The highest BCUT2D eigenvalue weighted by atomic mass is 16.1. The molecule has 0 unspecified atom stereocenters. The van der Waals surface area contributed by atoms with Gasteiger partial charge in [0.25, 0.3) is 5.56 Å². The van der Waals surface area contributed by atoms with E-state index in [1.165, 1.54) is 30.2 Å². The van der Waals surface area contributed by atoms with E-state index in [1.807, 2.05) is 0 Å². The molecule has 7 heteroatoms. The lowest BCUT2D eigenvalue weighted by Gasteiger charge is -2.44. The summed E-state index contributed by atoms with van der Waals surface area (Å²) in [5, 5.41) is 8.84. The van der Waals surface area contributed by atoms with Gasteiger partial charge >= 0.3 is 0 Å². The minimum atomic E-state index is -0.0158. The maximum atomic E-state index is 11.7. The number of rotatable bonds is 4. The molecule has 0 amide bonds. The van der Waals surface area contributed by atoms with Crippen LogP contribution in [-0.2, 0) is 26.4 Å². The average Bonchev–Trinajstić information content (AvgIpc) is 2.57. The van der Waals surface area contributed by atoms with Crippen LogP contribution >= 0.6 is 0 Å². The molecule has 0 N–H and O–H groups in total. The number of likely N-dealkylation sites (N-methyl/N-ethyl adjacent to an activating group) is 1. The van der Waals surface area contributed by atoms with Crippen LogP contribution in [0.15, 0.2) is 23.1 Å². The molecule has 0 radical (unpaired) electrons. The van der Waals surface area contributed by atoms with E-state index >= 15 is 0 Å². The Balaban J connectivity index is 1.38. The first-order chi connectivity index (χ1) is 12.1. The number of aryl methyl sites for hydroxylation is 2. The third-order valence-corrected chi connectivity index (χ3v) is 5.42. The number of anilines is 1. The van der Waals surface area contributed by atoms with Crippen LogP contribution in [-0.4, -0.2) is 50.8 Å². The minimum absolute atomic E-state index is 0.0158. The first kappa shape index (κ1) is 16.2. The van der Waals surface area contributed by atoms with E-state index in [4.69, 9.17) is 0 Å². The van der Waals surface area contributed by atoms with Crippen molar-refractivity contribution in [2.45, 2.75) is 38.3 Å². The Bertz CT molecular complexity index is 827. The minimum Gasteiger partial charge on any atom is -0.352 e. The molecule has 1 aliphatic carbocycles. The smallest absolute Gasteiger partial charge is 0.253 e. The number of nitrogens with zero attached hydrogens (tertiary/aromatic N) is 6. The fourth-order valence-corrected chi connectivity index (χ4v) is 3.57. The monoisotopic (exact) mass is 340 g/mol. The van der Waals surface area contributed by atoms with Crippen LogP contribution in [0.4, 0.5) is 5.82 Å². The quantitative estimate of drug-likeness (QED) is 0.819. The molecule has 132 valence electrons. The van der Waals surface area contributed by atoms with E-state index in [0.29, 0.717) is 12.6 Å². The SMILES string of the molecule is CN(Cc1nccc(=O)n1C)C1CN(c2cc3c(nn2)CCCC3)C1. The van der Waals surface area contributed by atoms with Gasteiger partial charge in [-0.1, -0.05) is 0 Å². The molecule has 2 aromatic rings. The van der Waals surface area contributed by atoms with Gasteiger partial charge in [0.05, 0.1) is 12.2 Å². The Labute approximate surface area is 147 Å². The van der Waals surface area contributed by atoms with Crippen molar-refractivity contribution in [2.24, 2.45) is 7.05 Å². The molecule has 25 heavy (non-hydrogen) atoms. The second-order valence-electron chi connectivity index (χ2n) is 7.11. The molecule has 1 aliphatic heterocycles. The summed E-state index contributed by atoms with van der Waals surface area (Å²) in [7, 11) is 3.86. The van der Waals surface area contributed by atoms with Crippen LogP contribution in [0.5, 0.6) is 0 Å². The van der Waals surface area contributed by atoms with Crippen molar-refractivity contribution in [2.75, 3.05) is 25.0 Å². The number of fused-ring (bicyclic) bond motifs is 1. The van der Waals surface area contributed by atoms with E-state index in [-0.39, 0.29) is 5.56 Å². The molecule has 0 spiro atoms. The summed E-state index contributed by atoms with van der Waals surface area (Å²) in [6.07, 6.45) is 6.26. The van der Waals surface area contributed by atoms with Gasteiger partial charge in [0.15, 0.2) is 5.82 Å². The number of aromatic nitrogens is 4. The van der Waals surface area contributed by atoms with Gasteiger partial charge in [0.2, 0.25) is 0 Å². The summed E-state index contributed by atoms with van der Waals surface area (Å²) in [4.78, 5) is 20.6. The van der Waals surface area contributed by atoms with Gasteiger partial charge in [-0.3, -0.25) is 14.3 Å². The lowest BCUT2D eigenvalue weighted by atomic mass is 9.96. The summed E-state index contributed by atoms with van der Waals surface area (Å²) < 4.78 is 1.61. The molecule has 1 fully saturated rings. The van der Waals surface area contributed by atoms with E-state index in [2.05, 4.69) is 38.1 Å². The Morgan fingerprint density at radius 3 is 2.88 bits per heavy atom. The fraction of sp³-hybridized carbons (Fsp3) is 0.556. The van der Waals surface area contributed by atoms with E-state index in [1.54, 1.807) is 17.8 Å². The maximum Gasteiger partial charge on any atom is 0.253 e. The summed E-state index contributed by atoms with van der Waals surface area (Å²) in [6.45, 7) is 2.54. The zero-order valence-corrected chi connectivity index (χ0v) is 14.9. The van der Waals surface area contributed by atoms with Gasteiger partial charge in [-0.2, -0.15) is 5.10 Å². The van der Waals surface area contributed by atoms with Crippen molar-refractivity contribution in [3.63, 3.8) is 0 Å². The highest BCUT2D eigenvalue weighted by molar-refractivity contribution is 5.45. The van der Waals surface area contributed by atoms with Crippen molar-refractivity contribution >= 4 is 5.82 Å². The van der Waals surface area contributed by atoms with Crippen molar-refractivity contribution in [3.05, 3.63) is 45.8 Å². The number of hydrogen-bond donors (Lipinski definition) is 0. The van der Waals surface area contributed by atoms with Gasteiger partial charge in [0.1, 0.15) is 5.82 Å². The standard InChI is InChI=1S/C18H24N6O/c1-22(12-17-19-8-7-18(25)23(17)2)14-10-24(11-14)16-9-13-5-3-4-6-15(13)20-21-16/h7-9,14H,3-6,10-12H2,1-2H3. The highest BCUT2D eigenvalue weighted by Crippen LogP contribution is 2.26. The Morgan fingerprint density at radius 1 is 1.24 bits per heavy atom. The highest BCUT2D eigenvalue weighted by Gasteiger charge is 2.32. The Hall–Kier alpha value is -2.28. The molecule has 0 saturated carbocycles. The Morgan fingerprint density at radius 2 is 2.04 bits per heavy atom. The Kier molecular flexibility index (Phi) is 4.25. The summed E-state index contributed by atoms with van der Waals surface area (Å²) in [5.74, 6) is 1.79. The summed E-state index contributed by atoms with van der Waals surface area (Å²) >= 11 is 0. The molecular weight excluding hydrogens is 316 g/mol. The molecule has 1 saturated heterocycles. The van der Waals surface area contributed by atoms with Crippen LogP contribution in [0.3, 0.4) is 0 Å². The average molecular weight is 340 g/mol. The van der Waals surface area contributed by atoms with Crippen molar-refractivity contribution < 1.29 is 0 Å². The third kappa shape index (κ3) is 3.16. The maximum absolute atomic E-state index is 11.7. The zero-order valence-electron chi connectivity index (χ0n) is 14.9. The van der Waals surface area contributed by atoms with Crippen LogP contribution in [0, 0.1) is 0 Å². The van der Waals surface area contributed by atoms with Gasteiger partial charge < -0.3 is 4.90 Å². The van der Waals surface area contributed by atoms with E-state index < -0.39 is 0 Å². The molecular formula is C18H24N6O. The van der Waals surface area contributed by atoms with Crippen molar-refractivity contribution in [1.29, 1.82) is 0 Å². The van der Waals surface area contributed by atoms with E-state index in [0.717, 1.165) is 37.6 Å². The van der Waals surface area contributed by atoms with Crippen molar-refractivity contribution in [3.8, 4) is 0 Å². The fourth-order valence-electron chi connectivity index (χ4n) is 3.57. The number of hydrogen-bond acceptors (Lipinski definition) is 6. The van der Waals surface area contributed by atoms with Crippen molar-refractivity contribution in [1.82, 2.24) is 24.6 Å². The zero-order chi connectivity index (χ0) is 17.4. The molecule has 0 atom stereocenters. The first-order valence-corrected chi connectivity index (χ1v) is 8.93. The normalized spacial score (nSPS) is 17.5. The van der Waals surface area contributed by atoms with E-state index in [9.17, 15) is 4.79 Å². The van der Waals surface area contributed by atoms with Crippen LogP contribution in [0.2, 0.25) is 0 Å². The van der Waals surface area contributed by atoms with Gasteiger partial charge in [-0.15, -0.1) is 5.10 Å². The molecule has 0 bridgehead atoms. The second-order valence-corrected chi connectivity index (χ2v) is 7.11. The predicted molar refractivity (Wildman–Crippen MR) is 95.6 cm³/mol. The van der Waals surface area contributed by atoms with Gasteiger partial charge in [-0.05, 0) is 44.4 Å². The summed E-state index contributed by atoms with van der Waals surface area (Å²) in [5.41, 5.74) is 2.54. The van der Waals surface area contributed by atoms with Crippen LogP contribution < -0.4 is 10.5 Å². The lowest BCUT2D eigenvalue weighted by Crippen LogP contribution is -2.58. The molecule has 0 aromatic carbocycles. The molecule has 2 aliphatic rings. The van der Waals surface area contributed by atoms with Gasteiger partial charge in [0, 0.05) is 38.4 Å². The largest absolute Gasteiger partial charge is 0.352 e. The van der Waals surface area contributed by atoms with Crippen LogP contribution in [0.1, 0.15) is 29.9 Å². The van der Waals surface area contributed by atoms with Gasteiger partial charge in [-0.25, -0.2) is 4.98 Å². The summed E-state index contributed by atoms with van der Waals surface area (Å²) in [6, 6.07) is 4.15. The molecule has 3 heterocycles. The second kappa shape index (κ2) is 6.55. The molecule has 2 aromatic heterocycles. The van der Waals surface area contributed by atoms with Crippen LogP contribution in [0.25, 0.3) is 0 Å². The third-order valence-electron chi connectivity index (χ3n) is 5.42. The lowest BCUT2D eigenvalue weighted by molar-refractivity contribution is 0.190. The molecule has 4 rings (SSSR count). The molecule has 7 nitrogen and oxygen atoms in total.